The number of carboxylic acids is 1. The fraction of sp³-hybridized carbons (Fsp3) is 0.562. The summed E-state index contributed by atoms with van der Waals surface area (Å²) in [4.78, 5) is 11.3. The first-order valence-electron chi connectivity index (χ1n) is 7.34. The Morgan fingerprint density at radius 3 is 2.59 bits per heavy atom. The van der Waals surface area contributed by atoms with Crippen molar-refractivity contribution in [3.63, 3.8) is 0 Å². The van der Waals surface area contributed by atoms with Gasteiger partial charge in [0.1, 0.15) is 6.04 Å². The molecule has 6 heteroatoms. The summed E-state index contributed by atoms with van der Waals surface area (Å²) >= 11 is 6.21. The normalized spacial score (nSPS) is 12.3. The molecule has 1 unspecified atom stereocenters. The average Bonchev–Trinajstić information content (AvgIpc) is 2.45. The van der Waals surface area contributed by atoms with Crippen molar-refractivity contribution < 1.29 is 19.4 Å². The van der Waals surface area contributed by atoms with Crippen LogP contribution in [-0.4, -0.2) is 30.8 Å². The van der Waals surface area contributed by atoms with Crippen LogP contribution in [0.1, 0.15) is 32.8 Å². The van der Waals surface area contributed by atoms with Crippen LogP contribution in [0.5, 0.6) is 11.5 Å². The van der Waals surface area contributed by atoms with E-state index in [0.29, 0.717) is 42.0 Å². The first-order valence-corrected chi connectivity index (χ1v) is 7.72. The molecule has 0 aromatic heterocycles. The minimum Gasteiger partial charge on any atom is -0.493 e. The molecule has 5 nitrogen and oxygen atoms in total. The zero-order valence-electron chi connectivity index (χ0n) is 13.5. The highest BCUT2D eigenvalue weighted by molar-refractivity contribution is 6.32. The van der Waals surface area contributed by atoms with E-state index in [1.165, 1.54) is 0 Å². The molecule has 0 radical (unpaired) electrons. The van der Waals surface area contributed by atoms with E-state index in [1.54, 1.807) is 19.2 Å². The summed E-state index contributed by atoms with van der Waals surface area (Å²) in [7, 11) is 1.55. The summed E-state index contributed by atoms with van der Waals surface area (Å²) in [6.45, 7) is 6.74. The molecule has 124 valence electrons. The number of carbonyl (C=O) groups is 1. The molecule has 0 amide bonds. The zero-order valence-corrected chi connectivity index (χ0v) is 14.2. The van der Waals surface area contributed by atoms with Crippen molar-refractivity contribution in [1.82, 2.24) is 5.32 Å². The Bertz CT molecular complexity index is 505. The first kappa shape index (κ1) is 18.6. The van der Waals surface area contributed by atoms with Gasteiger partial charge in [-0.15, -0.1) is 0 Å². The fourth-order valence-corrected chi connectivity index (χ4v) is 2.43. The number of aliphatic carboxylic acids is 1. The van der Waals surface area contributed by atoms with Crippen LogP contribution in [-0.2, 0) is 11.3 Å². The molecule has 1 rings (SSSR count). The molecule has 0 heterocycles. The van der Waals surface area contributed by atoms with Crippen LogP contribution < -0.4 is 14.8 Å². The van der Waals surface area contributed by atoms with Crippen LogP contribution in [0, 0.1) is 5.92 Å². The highest BCUT2D eigenvalue weighted by Crippen LogP contribution is 2.36. The van der Waals surface area contributed by atoms with E-state index in [4.69, 9.17) is 21.1 Å². The van der Waals surface area contributed by atoms with Crippen molar-refractivity contribution in [1.29, 1.82) is 0 Å². The highest BCUT2D eigenvalue weighted by Gasteiger charge is 2.19. The Morgan fingerprint density at radius 1 is 1.41 bits per heavy atom. The molecule has 0 aliphatic carbocycles. The van der Waals surface area contributed by atoms with Crippen molar-refractivity contribution >= 4 is 17.6 Å². The number of benzene rings is 1. The van der Waals surface area contributed by atoms with Crippen molar-refractivity contribution in [3.05, 3.63) is 22.7 Å². The van der Waals surface area contributed by atoms with Gasteiger partial charge >= 0.3 is 5.97 Å². The highest BCUT2D eigenvalue weighted by atomic mass is 35.5. The molecule has 0 aliphatic heterocycles. The van der Waals surface area contributed by atoms with Gasteiger partial charge < -0.3 is 19.9 Å². The lowest BCUT2D eigenvalue weighted by Gasteiger charge is -2.18. The molecule has 0 saturated heterocycles. The third-order valence-corrected chi connectivity index (χ3v) is 3.42. The smallest absolute Gasteiger partial charge is 0.320 e. The van der Waals surface area contributed by atoms with Crippen molar-refractivity contribution in [3.8, 4) is 11.5 Å². The summed E-state index contributed by atoms with van der Waals surface area (Å²) in [5.74, 6) is 0.499. The number of rotatable bonds is 9. The Kier molecular flexibility index (Phi) is 7.48. The minimum atomic E-state index is -0.849. The van der Waals surface area contributed by atoms with Crippen LogP contribution in [0.15, 0.2) is 12.1 Å². The SMILES string of the molecule is CCOc1c(Cl)cc(CNC(CC(C)C)C(=O)O)cc1OC. The van der Waals surface area contributed by atoms with Crippen LogP contribution in [0.2, 0.25) is 5.02 Å². The first-order chi connectivity index (χ1) is 10.4. The molecule has 2 N–H and O–H groups in total. The average molecular weight is 330 g/mol. The van der Waals surface area contributed by atoms with Gasteiger partial charge in [-0.3, -0.25) is 4.79 Å². The van der Waals surface area contributed by atoms with Crippen LogP contribution in [0.4, 0.5) is 0 Å². The van der Waals surface area contributed by atoms with Gasteiger partial charge in [-0.1, -0.05) is 25.4 Å². The summed E-state index contributed by atoms with van der Waals surface area (Å²) < 4.78 is 10.7. The molecule has 1 aromatic rings. The third-order valence-electron chi connectivity index (χ3n) is 3.14. The van der Waals surface area contributed by atoms with Gasteiger partial charge in [0.25, 0.3) is 0 Å². The molecular formula is C16H24ClNO4. The number of carboxylic acid groups (broad SMARTS) is 1. The van der Waals surface area contributed by atoms with E-state index in [1.807, 2.05) is 20.8 Å². The summed E-state index contributed by atoms with van der Waals surface area (Å²) in [5, 5.41) is 12.7. The van der Waals surface area contributed by atoms with Gasteiger partial charge in [0.15, 0.2) is 11.5 Å². The second-order valence-corrected chi connectivity index (χ2v) is 5.85. The molecule has 0 aliphatic rings. The number of hydrogen-bond donors (Lipinski definition) is 2. The molecule has 0 fully saturated rings. The van der Waals surface area contributed by atoms with Crippen molar-refractivity contribution in [2.24, 2.45) is 5.92 Å². The minimum absolute atomic E-state index is 0.298. The second-order valence-electron chi connectivity index (χ2n) is 5.44. The van der Waals surface area contributed by atoms with E-state index < -0.39 is 12.0 Å². The lowest BCUT2D eigenvalue weighted by atomic mass is 10.0. The summed E-state index contributed by atoms with van der Waals surface area (Å²) in [5.41, 5.74) is 0.848. The van der Waals surface area contributed by atoms with Gasteiger partial charge in [-0.2, -0.15) is 0 Å². The largest absolute Gasteiger partial charge is 0.493 e. The standard InChI is InChI=1S/C16H24ClNO4/c1-5-22-15-12(17)7-11(8-14(15)21-4)9-18-13(16(19)20)6-10(2)3/h7-8,10,13,18H,5-6,9H2,1-4H3,(H,19,20). The Morgan fingerprint density at radius 2 is 2.09 bits per heavy atom. The third kappa shape index (κ3) is 5.39. The molecule has 0 bridgehead atoms. The number of hydrogen-bond acceptors (Lipinski definition) is 4. The Labute approximate surface area is 136 Å². The molecule has 1 aromatic carbocycles. The molecule has 1 atom stereocenters. The molecule has 0 spiro atoms. The lowest BCUT2D eigenvalue weighted by Crippen LogP contribution is -2.37. The predicted molar refractivity (Wildman–Crippen MR) is 86.9 cm³/mol. The van der Waals surface area contributed by atoms with Gasteiger partial charge in [-0.25, -0.2) is 0 Å². The second kappa shape index (κ2) is 8.86. The maximum atomic E-state index is 11.3. The van der Waals surface area contributed by atoms with E-state index >= 15 is 0 Å². The number of methoxy groups -OCH3 is 1. The Hall–Kier alpha value is -1.46. The predicted octanol–water partition coefficient (Wildman–Crippen LogP) is 3.34. The topological polar surface area (TPSA) is 67.8 Å². The fourth-order valence-electron chi connectivity index (χ4n) is 2.14. The Balaban J connectivity index is 2.85. The summed E-state index contributed by atoms with van der Waals surface area (Å²) in [6, 6.07) is 2.98. The zero-order chi connectivity index (χ0) is 16.7. The lowest BCUT2D eigenvalue weighted by molar-refractivity contribution is -0.140. The van der Waals surface area contributed by atoms with E-state index in [-0.39, 0.29) is 0 Å². The monoisotopic (exact) mass is 329 g/mol. The number of halogens is 1. The number of ether oxygens (including phenoxy) is 2. The maximum Gasteiger partial charge on any atom is 0.320 e. The van der Waals surface area contributed by atoms with E-state index in [9.17, 15) is 9.90 Å². The molecular weight excluding hydrogens is 306 g/mol. The molecule has 0 saturated carbocycles. The van der Waals surface area contributed by atoms with Crippen molar-refractivity contribution in [2.45, 2.75) is 39.8 Å². The van der Waals surface area contributed by atoms with Crippen molar-refractivity contribution in [2.75, 3.05) is 13.7 Å². The van der Waals surface area contributed by atoms with E-state index in [0.717, 1.165) is 5.56 Å². The van der Waals surface area contributed by atoms with Crippen LogP contribution >= 0.6 is 11.6 Å². The van der Waals surface area contributed by atoms with Gasteiger partial charge in [0, 0.05) is 6.54 Å². The summed E-state index contributed by atoms with van der Waals surface area (Å²) in [6.07, 6.45) is 0.567. The molecule has 22 heavy (non-hydrogen) atoms. The van der Waals surface area contributed by atoms with Gasteiger partial charge in [0.05, 0.1) is 18.7 Å². The maximum absolute atomic E-state index is 11.3. The number of nitrogens with one attached hydrogen (secondary N) is 1. The van der Waals surface area contributed by atoms with Gasteiger partial charge in [0.2, 0.25) is 0 Å². The van der Waals surface area contributed by atoms with Crippen LogP contribution in [0.25, 0.3) is 0 Å². The van der Waals surface area contributed by atoms with Gasteiger partial charge in [-0.05, 0) is 37.0 Å². The van der Waals surface area contributed by atoms with Crippen LogP contribution in [0.3, 0.4) is 0 Å². The van der Waals surface area contributed by atoms with E-state index in [2.05, 4.69) is 5.32 Å². The quantitative estimate of drug-likeness (QED) is 0.727.